The summed E-state index contributed by atoms with van der Waals surface area (Å²) in [5.41, 5.74) is 0. The maximum atomic E-state index is 10.1. The summed E-state index contributed by atoms with van der Waals surface area (Å²) in [5, 5.41) is 8.32. The summed E-state index contributed by atoms with van der Waals surface area (Å²) >= 11 is 0. The molecule has 0 aromatic rings. The van der Waals surface area contributed by atoms with Gasteiger partial charge in [-0.15, -0.1) is 0 Å². The number of carboxylic acid groups (broad SMARTS) is 1. The van der Waals surface area contributed by atoms with Gasteiger partial charge in [0.2, 0.25) is 0 Å². The van der Waals surface area contributed by atoms with Gasteiger partial charge in [-0.3, -0.25) is 4.79 Å². The van der Waals surface area contributed by atoms with Crippen LogP contribution in [0.4, 0.5) is 0 Å². The summed E-state index contributed by atoms with van der Waals surface area (Å²) in [6.07, 6.45) is 9.79. The molecule has 0 aromatic heterocycles. The van der Waals surface area contributed by atoms with Gasteiger partial charge in [-0.2, -0.15) is 0 Å². The van der Waals surface area contributed by atoms with Crippen molar-refractivity contribution in [1.29, 1.82) is 0 Å². The Labute approximate surface area is 74.3 Å². The highest BCUT2D eigenvalue weighted by Gasteiger charge is 1.91. The lowest BCUT2D eigenvalue weighted by Crippen LogP contribution is -1.91. The van der Waals surface area contributed by atoms with E-state index in [1.165, 1.54) is 19.3 Å². The molecule has 0 saturated heterocycles. The van der Waals surface area contributed by atoms with Crippen molar-refractivity contribution in [2.75, 3.05) is 0 Å². The van der Waals surface area contributed by atoms with E-state index in [0.717, 1.165) is 6.42 Å². The second-order valence-corrected chi connectivity index (χ2v) is 2.90. The minimum Gasteiger partial charge on any atom is -0.481 e. The van der Waals surface area contributed by atoms with Crippen molar-refractivity contribution >= 4 is 5.97 Å². The molecule has 0 spiro atoms. The van der Waals surface area contributed by atoms with E-state index in [0.29, 0.717) is 6.42 Å². The first-order chi connectivity index (χ1) is 5.77. The summed E-state index contributed by atoms with van der Waals surface area (Å²) < 4.78 is 0. The van der Waals surface area contributed by atoms with E-state index in [9.17, 15) is 4.79 Å². The number of hydrogen-bond donors (Lipinski definition) is 1. The Morgan fingerprint density at radius 1 is 1.25 bits per heavy atom. The molecule has 1 N–H and O–H groups in total. The average Bonchev–Trinajstić information content (AvgIpc) is 2.02. The van der Waals surface area contributed by atoms with Crippen molar-refractivity contribution in [2.45, 2.75) is 45.4 Å². The number of hydrogen-bond acceptors (Lipinski definition) is 1. The van der Waals surface area contributed by atoms with Gasteiger partial charge in [0.25, 0.3) is 0 Å². The number of unbranched alkanes of at least 4 members (excludes halogenated alkanes) is 3. The van der Waals surface area contributed by atoms with Crippen LogP contribution in [-0.2, 0) is 4.79 Å². The van der Waals surface area contributed by atoms with Crippen molar-refractivity contribution in [3.8, 4) is 0 Å². The van der Waals surface area contributed by atoms with Crippen LogP contribution in [0.3, 0.4) is 0 Å². The smallest absolute Gasteiger partial charge is 0.303 e. The lowest BCUT2D eigenvalue weighted by molar-refractivity contribution is -0.136. The maximum Gasteiger partial charge on any atom is 0.303 e. The largest absolute Gasteiger partial charge is 0.481 e. The summed E-state index contributed by atoms with van der Waals surface area (Å²) in [4.78, 5) is 10.1. The molecule has 0 amide bonds. The van der Waals surface area contributed by atoms with Crippen LogP contribution in [-0.4, -0.2) is 11.1 Å². The molecule has 2 nitrogen and oxygen atoms in total. The molecule has 0 saturated carbocycles. The molecule has 0 aliphatic heterocycles. The van der Waals surface area contributed by atoms with Crippen LogP contribution >= 0.6 is 0 Å². The van der Waals surface area contributed by atoms with Crippen molar-refractivity contribution in [3.05, 3.63) is 12.2 Å². The Hall–Kier alpha value is -0.790. The monoisotopic (exact) mass is 170 g/mol. The van der Waals surface area contributed by atoms with Crippen LogP contribution in [0.2, 0.25) is 0 Å². The van der Waals surface area contributed by atoms with Crippen LogP contribution in [0, 0.1) is 0 Å². The Balaban J connectivity index is 3.09. The van der Waals surface area contributed by atoms with Gasteiger partial charge in [-0.05, 0) is 19.3 Å². The number of rotatable bonds is 7. The van der Waals surface area contributed by atoms with E-state index >= 15 is 0 Å². The molecule has 70 valence electrons. The average molecular weight is 170 g/mol. The third kappa shape index (κ3) is 9.21. The lowest BCUT2D eigenvalue weighted by Gasteiger charge is -1.91. The van der Waals surface area contributed by atoms with Gasteiger partial charge in [0.05, 0.1) is 0 Å². The standard InChI is InChI=1S/C10H18O2/c1-2-3-4-5-6-7-8-9-10(11)12/h6-7H,2-5,8-9H2,1H3,(H,11,12)/b7-6+. The fraction of sp³-hybridized carbons (Fsp3) is 0.700. The Kier molecular flexibility index (Phi) is 7.76. The summed E-state index contributed by atoms with van der Waals surface area (Å²) in [7, 11) is 0. The zero-order valence-corrected chi connectivity index (χ0v) is 7.75. The lowest BCUT2D eigenvalue weighted by atomic mass is 10.2. The number of aliphatic carboxylic acids is 1. The van der Waals surface area contributed by atoms with E-state index in [4.69, 9.17) is 5.11 Å². The first kappa shape index (κ1) is 11.2. The SMILES string of the molecule is CCCCC/C=C/CCC(=O)O. The second kappa shape index (κ2) is 8.31. The third-order valence-corrected chi connectivity index (χ3v) is 1.67. The maximum absolute atomic E-state index is 10.1. The van der Waals surface area contributed by atoms with E-state index in [1.54, 1.807) is 0 Å². The molecule has 0 radical (unpaired) electrons. The minimum absolute atomic E-state index is 0.254. The Morgan fingerprint density at radius 2 is 1.92 bits per heavy atom. The Morgan fingerprint density at radius 3 is 2.50 bits per heavy atom. The Bertz CT molecular complexity index is 139. The molecule has 0 unspecified atom stereocenters. The highest BCUT2D eigenvalue weighted by molar-refractivity contribution is 5.66. The summed E-state index contributed by atoms with van der Waals surface area (Å²) in [5.74, 6) is -0.715. The number of allylic oxidation sites excluding steroid dienone is 2. The molecule has 0 atom stereocenters. The van der Waals surface area contributed by atoms with E-state index in [-0.39, 0.29) is 6.42 Å². The van der Waals surface area contributed by atoms with Gasteiger partial charge in [0.15, 0.2) is 0 Å². The molecule has 2 heteroatoms. The molecule has 0 aliphatic rings. The molecule has 0 heterocycles. The molecule has 12 heavy (non-hydrogen) atoms. The molecule has 0 fully saturated rings. The molecular formula is C10H18O2. The zero-order chi connectivity index (χ0) is 9.23. The van der Waals surface area contributed by atoms with Crippen LogP contribution in [0.5, 0.6) is 0 Å². The predicted molar refractivity (Wildman–Crippen MR) is 50.2 cm³/mol. The number of carboxylic acids is 1. The quantitative estimate of drug-likeness (QED) is 0.471. The van der Waals surface area contributed by atoms with Crippen molar-refractivity contribution in [2.24, 2.45) is 0 Å². The molecule has 0 rings (SSSR count). The van der Waals surface area contributed by atoms with Crippen molar-refractivity contribution in [3.63, 3.8) is 0 Å². The van der Waals surface area contributed by atoms with Crippen molar-refractivity contribution < 1.29 is 9.90 Å². The van der Waals surface area contributed by atoms with Crippen LogP contribution in [0.25, 0.3) is 0 Å². The summed E-state index contributed by atoms with van der Waals surface area (Å²) in [6.45, 7) is 2.17. The van der Waals surface area contributed by atoms with Crippen LogP contribution in [0.1, 0.15) is 45.4 Å². The molecule has 0 aliphatic carbocycles. The van der Waals surface area contributed by atoms with Gasteiger partial charge in [0.1, 0.15) is 0 Å². The van der Waals surface area contributed by atoms with Crippen LogP contribution < -0.4 is 0 Å². The predicted octanol–water partition coefficient (Wildman–Crippen LogP) is 2.99. The highest BCUT2D eigenvalue weighted by Crippen LogP contribution is 2.00. The third-order valence-electron chi connectivity index (χ3n) is 1.67. The number of carbonyl (C=O) groups is 1. The highest BCUT2D eigenvalue weighted by atomic mass is 16.4. The zero-order valence-electron chi connectivity index (χ0n) is 7.75. The van der Waals surface area contributed by atoms with Crippen LogP contribution in [0.15, 0.2) is 12.2 Å². The normalized spacial score (nSPS) is 10.8. The summed E-state index contributed by atoms with van der Waals surface area (Å²) in [6, 6.07) is 0. The van der Waals surface area contributed by atoms with Gasteiger partial charge in [0, 0.05) is 6.42 Å². The topological polar surface area (TPSA) is 37.3 Å². The van der Waals surface area contributed by atoms with Gasteiger partial charge in [-0.25, -0.2) is 0 Å². The van der Waals surface area contributed by atoms with E-state index in [1.807, 2.05) is 6.08 Å². The minimum atomic E-state index is -0.715. The van der Waals surface area contributed by atoms with E-state index < -0.39 is 5.97 Å². The van der Waals surface area contributed by atoms with Gasteiger partial charge >= 0.3 is 5.97 Å². The fourth-order valence-electron chi connectivity index (χ4n) is 0.955. The fourth-order valence-corrected chi connectivity index (χ4v) is 0.955. The van der Waals surface area contributed by atoms with Gasteiger partial charge in [-0.1, -0.05) is 31.9 Å². The molecule has 0 aromatic carbocycles. The first-order valence-electron chi connectivity index (χ1n) is 4.64. The second-order valence-electron chi connectivity index (χ2n) is 2.90. The first-order valence-corrected chi connectivity index (χ1v) is 4.64. The van der Waals surface area contributed by atoms with Gasteiger partial charge < -0.3 is 5.11 Å². The van der Waals surface area contributed by atoms with E-state index in [2.05, 4.69) is 13.0 Å². The molecule has 0 bridgehead atoms. The van der Waals surface area contributed by atoms with Crippen molar-refractivity contribution in [1.82, 2.24) is 0 Å². The molecular weight excluding hydrogens is 152 g/mol.